The summed E-state index contributed by atoms with van der Waals surface area (Å²) in [7, 11) is 0. The summed E-state index contributed by atoms with van der Waals surface area (Å²) in [6.45, 7) is 6.98. The molecule has 2 heterocycles. The fourth-order valence-electron chi connectivity index (χ4n) is 3.82. The van der Waals surface area contributed by atoms with Gasteiger partial charge in [0.05, 0.1) is 12.2 Å². The van der Waals surface area contributed by atoms with Gasteiger partial charge in [-0.25, -0.2) is 0 Å². The second-order valence-electron chi connectivity index (χ2n) is 8.04. The summed E-state index contributed by atoms with van der Waals surface area (Å²) in [6, 6.07) is 12.7. The molecule has 1 aliphatic rings. The minimum absolute atomic E-state index is 0.0141. The quantitative estimate of drug-likeness (QED) is 0.707. The molecule has 1 fully saturated rings. The van der Waals surface area contributed by atoms with Crippen molar-refractivity contribution >= 4 is 16.7 Å². The molecule has 0 saturated carbocycles. The van der Waals surface area contributed by atoms with Gasteiger partial charge in [-0.1, -0.05) is 38.1 Å². The lowest BCUT2D eigenvalue weighted by atomic mass is 9.98. The highest BCUT2D eigenvalue weighted by Gasteiger charge is 2.17. The van der Waals surface area contributed by atoms with Crippen molar-refractivity contribution in [2.75, 3.05) is 19.6 Å². The first kappa shape index (κ1) is 18.7. The molecule has 5 nitrogen and oxygen atoms in total. The van der Waals surface area contributed by atoms with Crippen LogP contribution in [0.15, 0.2) is 48.8 Å². The topological polar surface area (TPSA) is 59.0 Å². The summed E-state index contributed by atoms with van der Waals surface area (Å²) in [5, 5.41) is 13.2. The van der Waals surface area contributed by atoms with Crippen LogP contribution in [0.5, 0.6) is 0 Å². The molecule has 28 heavy (non-hydrogen) atoms. The van der Waals surface area contributed by atoms with Crippen LogP contribution in [-0.4, -0.2) is 35.3 Å². The lowest BCUT2D eigenvalue weighted by Crippen LogP contribution is -2.29. The molecule has 0 aliphatic carbocycles. The summed E-state index contributed by atoms with van der Waals surface area (Å²) in [6.07, 6.45) is 6.35. The number of aromatic nitrogens is 2. The predicted octanol–water partition coefficient (Wildman–Crippen LogP) is 4.01. The summed E-state index contributed by atoms with van der Waals surface area (Å²) in [5.41, 5.74) is 2.99. The SMILES string of the molecule is CC(C)CNC(=O)c1ccc2c(-c3cnn(C4CCNCC4)c3)cccc2c1. The fourth-order valence-corrected chi connectivity index (χ4v) is 3.82. The number of nitrogens with zero attached hydrogens (tertiary/aromatic N) is 2. The van der Waals surface area contributed by atoms with Gasteiger partial charge in [-0.2, -0.15) is 5.10 Å². The van der Waals surface area contributed by atoms with Gasteiger partial charge in [0.15, 0.2) is 0 Å². The zero-order chi connectivity index (χ0) is 19.5. The van der Waals surface area contributed by atoms with Crippen LogP contribution in [0.1, 0.15) is 43.1 Å². The van der Waals surface area contributed by atoms with E-state index in [0.717, 1.165) is 47.8 Å². The molecular formula is C23H28N4O. The summed E-state index contributed by atoms with van der Waals surface area (Å²) < 4.78 is 2.11. The number of carbonyl (C=O) groups excluding carboxylic acids is 1. The Hall–Kier alpha value is -2.66. The van der Waals surface area contributed by atoms with Crippen molar-refractivity contribution in [3.05, 3.63) is 54.4 Å². The molecule has 1 aromatic heterocycles. The highest BCUT2D eigenvalue weighted by molar-refractivity contribution is 6.02. The molecule has 146 valence electrons. The zero-order valence-electron chi connectivity index (χ0n) is 16.6. The molecule has 2 N–H and O–H groups in total. The van der Waals surface area contributed by atoms with E-state index in [4.69, 9.17) is 0 Å². The van der Waals surface area contributed by atoms with Crippen molar-refractivity contribution in [2.45, 2.75) is 32.7 Å². The first-order chi connectivity index (χ1) is 13.6. The molecule has 4 rings (SSSR count). The van der Waals surface area contributed by atoms with Crippen LogP contribution in [0, 0.1) is 5.92 Å². The van der Waals surface area contributed by atoms with Crippen molar-refractivity contribution in [2.24, 2.45) is 5.92 Å². The van der Waals surface area contributed by atoms with Crippen LogP contribution >= 0.6 is 0 Å². The van der Waals surface area contributed by atoms with Gasteiger partial charge in [0.1, 0.15) is 0 Å². The molecule has 0 atom stereocenters. The number of carbonyl (C=O) groups is 1. The largest absolute Gasteiger partial charge is 0.352 e. The maximum Gasteiger partial charge on any atom is 0.251 e. The standard InChI is InChI=1S/C23H28N4O/c1-16(2)13-25-23(28)18-6-7-22-17(12-18)4-3-5-21(22)19-14-26-27(15-19)20-8-10-24-11-9-20/h3-7,12,14-16,20,24H,8-11,13H2,1-2H3,(H,25,28). The van der Waals surface area contributed by atoms with Gasteiger partial charge in [-0.05, 0) is 60.3 Å². The van der Waals surface area contributed by atoms with E-state index >= 15 is 0 Å². The Balaban J connectivity index is 1.61. The van der Waals surface area contributed by atoms with Gasteiger partial charge in [0, 0.05) is 23.9 Å². The molecule has 1 saturated heterocycles. The predicted molar refractivity (Wildman–Crippen MR) is 113 cm³/mol. The Labute approximate surface area is 166 Å². The van der Waals surface area contributed by atoms with Crippen LogP contribution in [0.2, 0.25) is 0 Å². The van der Waals surface area contributed by atoms with Crippen LogP contribution in [0.4, 0.5) is 0 Å². The number of rotatable bonds is 5. The molecule has 0 radical (unpaired) electrons. The number of hydrogen-bond acceptors (Lipinski definition) is 3. The zero-order valence-corrected chi connectivity index (χ0v) is 16.6. The van der Waals surface area contributed by atoms with Gasteiger partial charge < -0.3 is 10.6 Å². The molecule has 0 unspecified atom stereocenters. The number of benzene rings is 2. The Morgan fingerprint density at radius 3 is 2.86 bits per heavy atom. The molecule has 0 bridgehead atoms. The normalized spacial score (nSPS) is 15.2. The van der Waals surface area contributed by atoms with E-state index in [1.54, 1.807) is 0 Å². The molecule has 1 amide bonds. The van der Waals surface area contributed by atoms with E-state index in [9.17, 15) is 4.79 Å². The monoisotopic (exact) mass is 376 g/mol. The second kappa shape index (κ2) is 8.15. The number of nitrogens with one attached hydrogen (secondary N) is 2. The van der Waals surface area contributed by atoms with E-state index < -0.39 is 0 Å². The third-order valence-electron chi connectivity index (χ3n) is 5.41. The van der Waals surface area contributed by atoms with Crippen LogP contribution in [-0.2, 0) is 0 Å². The average Bonchev–Trinajstić information content (AvgIpc) is 3.22. The van der Waals surface area contributed by atoms with Crippen LogP contribution in [0.25, 0.3) is 21.9 Å². The highest BCUT2D eigenvalue weighted by Crippen LogP contribution is 2.30. The Morgan fingerprint density at radius 1 is 1.25 bits per heavy atom. The van der Waals surface area contributed by atoms with Gasteiger partial charge in [0.2, 0.25) is 0 Å². The number of amides is 1. The van der Waals surface area contributed by atoms with E-state index in [1.807, 2.05) is 18.3 Å². The number of piperidine rings is 1. The van der Waals surface area contributed by atoms with Gasteiger partial charge >= 0.3 is 0 Å². The Bertz CT molecular complexity index is 970. The molecular weight excluding hydrogens is 348 g/mol. The highest BCUT2D eigenvalue weighted by atomic mass is 16.1. The third kappa shape index (κ3) is 3.94. The lowest BCUT2D eigenvalue weighted by Gasteiger charge is -2.22. The van der Waals surface area contributed by atoms with E-state index in [2.05, 4.69) is 64.7 Å². The maximum atomic E-state index is 12.4. The average molecular weight is 377 g/mol. The molecule has 0 spiro atoms. The molecule has 1 aliphatic heterocycles. The van der Waals surface area contributed by atoms with Crippen LogP contribution < -0.4 is 10.6 Å². The van der Waals surface area contributed by atoms with E-state index in [-0.39, 0.29) is 5.91 Å². The molecule has 2 aromatic carbocycles. The third-order valence-corrected chi connectivity index (χ3v) is 5.41. The van der Waals surface area contributed by atoms with E-state index in [1.165, 1.54) is 0 Å². The van der Waals surface area contributed by atoms with Gasteiger partial charge in [0.25, 0.3) is 5.91 Å². The van der Waals surface area contributed by atoms with Gasteiger partial charge in [-0.3, -0.25) is 9.48 Å². The first-order valence-corrected chi connectivity index (χ1v) is 10.2. The second-order valence-corrected chi connectivity index (χ2v) is 8.04. The molecule has 3 aromatic rings. The summed E-state index contributed by atoms with van der Waals surface area (Å²) in [4.78, 5) is 12.4. The summed E-state index contributed by atoms with van der Waals surface area (Å²) in [5.74, 6) is 0.423. The lowest BCUT2D eigenvalue weighted by molar-refractivity contribution is 0.0949. The Morgan fingerprint density at radius 2 is 2.07 bits per heavy atom. The van der Waals surface area contributed by atoms with Gasteiger partial charge in [-0.15, -0.1) is 0 Å². The molecule has 5 heteroatoms. The maximum absolute atomic E-state index is 12.4. The van der Waals surface area contributed by atoms with Crippen LogP contribution in [0.3, 0.4) is 0 Å². The van der Waals surface area contributed by atoms with Crippen molar-refractivity contribution in [1.29, 1.82) is 0 Å². The number of hydrogen-bond donors (Lipinski definition) is 2. The van der Waals surface area contributed by atoms with Crippen molar-refractivity contribution < 1.29 is 4.79 Å². The first-order valence-electron chi connectivity index (χ1n) is 10.2. The Kier molecular flexibility index (Phi) is 5.44. The van der Waals surface area contributed by atoms with Crippen molar-refractivity contribution in [3.63, 3.8) is 0 Å². The smallest absolute Gasteiger partial charge is 0.251 e. The minimum Gasteiger partial charge on any atom is -0.352 e. The van der Waals surface area contributed by atoms with E-state index in [0.29, 0.717) is 24.1 Å². The fraction of sp³-hybridized carbons (Fsp3) is 0.391. The number of fused-ring (bicyclic) bond motifs is 1. The van der Waals surface area contributed by atoms with Crippen molar-refractivity contribution in [3.8, 4) is 11.1 Å². The van der Waals surface area contributed by atoms with Crippen molar-refractivity contribution in [1.82, 2.24) is 20.4 Å². The summed E-state index contributed by atoms with van der Waals surface area (Å²) >= 11 is 0. The minimum atomic E-state index is -0.0141.